The fraction of sp³-hybridized carbons (Fsp3) is 0. The van der Waals surface area contributed by atoms with Crippen molar-refractivity contribution in [1.29, 1.82) is 5.26 Å². The zero-order valence-electron chi connectivity index (χ0n) is 6.34. The second-order valence-electron chi connectivity index (χ2n) is 2.53. The molecule has 0 unspecified atom stereocenters. The van der Waals surface area contributed by atoms with Gasteiger partial charge in [0.2, 0.25) is 0 Å². The van der Waals surface area contributed by atoms with E-state index in [9.17, 15) is 4.39 Å². The third-order valence-electron chi connectivity index (χ3n) is 1.71. The first-order chi connectivity index (χ1) is 6.22. The maximum atomic E-state index is 13.2. The van der Waals surface area contributed by atoms with E-state index in [0.717, 1.165) is 0 Å². The van der Waals surface area contributed by atoms with Gasteiger partial charge in [-0.2, -0.15) is 5.26 Å². The third-order valence-corrected chi connectivity index (χ3v) is 2.94. The van der Waals surface area contributed by atoms with E-state index in [-0.39, 0.29) is 5.82 Å². The molecule has 64 valence electrons. The normalized spacial score (nSPS) is 10.2. The van der Waals surface area contributed by atoms with Crippen molar-refractivity contribution >= 4 is 33.0 Å². The number of rotatable bonds is 0. The molecule has 0 atom stereocenters. The highest BCUT2D eigenvalue weighted by atomic mass is 35.5. The molecular weight excluding hydrogens is 209 g/mol. The Hall–Kier alpha value is -1.11. The largest absolute Gasteiger partial charge is 0.205 e. The van der Waals surface area contributed by atoms with Gasteiger partial charge in [0, 0.05) is 15.8 Å². The molecule has 0 aliphatic rings. The molecule has 1 nitrogen and oxygen atoms in total. The van der Waals surface area contributed by atoms with Crippen molar-refractivity contribution in [2.24, 2.45) is 0 Å². The highest BCUT2D eigenvalue weighted by molar-refractivity contribution is 7.17. The molecule has 0 aliphatic carbocycles. The molecule has 0 saturated carbocycles. The zero-order valence-corrected chi connectivity index (χ0v) is 7.92. The van der Waals surface area contributed by atoms with Crippen molar-refractivity contribution < 1.29 is 4.39 Å². The van der Waals surface area contributed by atoms with Gasteiger partial charge < -0.3 is 0 Å². The highest BCUT2D eigenvalue weighted by Crippen LogP contribution is 2.30. The second-order valence-corrected chi connectivity index (χ2v) is 3.84. The van der Waals surface area contributed by atoms with E-state index in [2.05, 4.69) is 0 Å². The Morgan fingerprint density at radius 1 is 1.46 bits per heavy atom. The molecule has 1 aromatic heterocycles. The Morgan fingerprint density at radius 3 is 2.92 bits per heavy atom. The van der Waals surface area contributed by atoms with Crippen LogP contribution in [0.5, 0.6) is 0 Å². The average molecular weight is 212 g/mol. The van der Waals surface area contributed by atoms with Gasteiger partial charge in [0.1, 0.15) is 11.9 Å². The molecule has 2 rings (SSSR count). The fourth-order valence-corrected chi connectivity index (χ4v) is 2.24. The van der Waals surface area contributed by atoms with Gasteiger partial charge in [-0.05, 0) is 12.1 Å². The van der Waals surface area contributed by atoms with Crippen LogP contribution in [-0.4, -0.2) is 0 Å². The van der Waals surface area contributed by atoms with Crippen molar-refractivity contribution in [3.8, 4) is 6.07 Å². The number of hydrogen-bond donors (Lipinski definition) is 0. The Bertz CT molecular complexity index is 512. The highest BCUT2D eigenvalue weighted by Gasteiger charge is 2.08. The lowest BCUT2D eigenvalue weighted by atomic mass is 10.2. The maximum absolute atomic E-state index is 13.2. The summed E-state index contributed by atoms with van der Waals surface area (Å²) in [6.45, 7) is 0. The zero-order chi connectivity index (χ0) is 9.42. The summed E-state index contributed by atoms with van der Waals surface area (Å²) in [4.78, 5) is 0. The van der Waals surface area contributed by atoms with Crippen LogP contribution in [0, 0.1) is 17.1 Å². The Kier molecular flexibility index (Phi) is 1.95. The summed E-state index contributed by atoms with van der Waals surface area (Å²) in [7, 11) is 0. The molecule has 0 aliphatic heterocycles. The number of hydrogen-bond acceptors (Lipinski definition) is 2. The van der Waals surface area contributed by atoms with Gasteiger partial charge in [-0.15, -0.1) is 11.3 Å². The molecule has 0 fully saturated rings. The number of halogens is 2. The van der Waals surface area contributed by atoms with E-state index in [4.69, 9.17) is 16.9 Å². The van der Waals surface area contributed by atoms with E-state index in [1.165, 1.54) is 17.4 Å². The topological polar surface area (TPSA) is 23.8 Å². The Morgan fingerprint density at radius 2 is 2.23 bits per heavy atom. The summed E-state index contributed by atoms with van der Waals surface area (Å²) < 4.78 is 13.7. The average Bonchev–Trinajstić information content (AvgIpc) is 2.47. The number of fused-ring (bicyclic) bond motifs is 1. The van der Waals surface area contributed by atoms with Crippen molar-refractivity contribution in [2.45, 2.75) is 0 Å². The van der Waals surface area contributed by atoms with Crippen LogP contribution in [0.3, 0.4) is 0 Å². The van der Waals surface area contributed by atoms with Crippen LogP contribution in [0.4, 0.5) is 4.39 Å². The molecule has 0 radical (unpaired) electrons. The van der Waals surface area contributed by atoms with Gasteiger partial charge >= 0.3 is 0 Å². The number of nitriles is 1. The van der Waals surface area contributed by atoms with E-state index in [1.54, 1.807) is 11.4 Å². The predicted molar refractivity (Wildman–Crippen MR) is 51.5 cm³/mol. The minimum absolute atomic E-state index is 0.319. The molecule has 0 spiro atoms. The molecular formula is C9H3ClFNS. The number of benzene rings is 1. The number of nitrogens with zero attached hydrogens (tertiary/aromatic N) is 1. The van der Waals surface area contributed by atoms with Crippen molar-refractivity contribution in [3.63, 3.8) is 0 Å². The minimum Gasteiger partial charge on any atom is -0.205 e. The van der Waals surface area contributed by atoms with Gasteiger partial charge in [0.05, 0.1) is 10.3 Å². The number of thiophene rings is 1. The molecule has 1 aromatic carbocycles. The summed E-state index contributed by atoms with van der Waals surface area (Å²) in [5, 5.41) is 11.2. The van der Waals surface area contributed by atoms with Crippen LogP contribution in [0.25, 0.3) is 10.1 Å². The molecule has 0 bridgehead atoms. The minimum atomic E-state index is -0.367. The van der Waals surface area contributed by atoms with Gasteiger partial charge in [0.15, 0.2) is 0 Å². The molecule has 2 aromatic rings. The second kappa shape index (κ2) is 2.99. The lowest BCUT2D eigenvalue weighted by Crippen LogP contribution is -1.75. The van der Waals surface area contributed by atoms with Crippen LogP contribution in [0.1, 0.15) is 5.56 Å². The van der Waals surface area contributed by atoms with Crippen LogP contribution in [0.2, 0.25) is 5.02 Å². The van der Waals surface area contributed by atoms with Crippen LogP contribution >= 0.6 is 22.9 Å². The van der Waals surface area contributed by atoms with Crippen molar-refractivity contribution in [2.75, 3.05) is 0 Å². The Labute approximate surface area is 83.0 Å². The van der Waals surface area contributed by atoms with E-state index >= 15 is 0 Å². The summed E-state index contributed by atoms with van der Waals surface area (Å²) in [6, 6.07) is 4.85. The SMILES string of the molecule is N#Cc1csc2c(F)cc(Cl)cc12. The van der Waals surface area contributed by atoms with E-state index in [0.29, 0.717) is 20.7 Å². The summed E-state index contributed by atoms with van der Waals surface area (Å²) in [5.74, 6) is -0.367. The predicted octanol–water partition coefficient (Wildman–Crippen LogP) is 3.57. The van der Waals surface area contributed by atoms with E-state index < -0.39 is 0 Å². The van der Waals surface area contributed by atoms with Gasteiger partial charge in [-0.1, -0.05) is 11.6 Å². The lowest BCUT2D eigenvalue weighted by Gasteiger charge is -1.93. The van der Waals surface area contributed by atoms with E-state index in [1.807, 2.05) is 6.07 Å². The first kappa shape index (κ1) is 8.49. The van der Waals surface area contributed by atoms with Crippen LogP contribution < -0.4 is 0 Å². The standard InChI is InChI=1S/C9H3ClFNS/c10-6-1-7-5(3-12)4-13-9(7)8(11)2-6/h1-2,4H. The molecule has 0 N–H and O–H groups in total. The molecule has 13 heavy (non-hydrogen) atoms. The summed E-state index contributed by atoms with van der Waals surface area (Å²) >= 11 is 6.88. The molecule has 0 amide bonds. The first-order valence-electron chi connectivity index (χ1n) is 3.48. The quantitative estimate of drug-likeness (QED) is 0.654. The van der Waals surface area contributed by atoms with Crippen molar-refractivity contribution in [3.05, 3.63) is 33.9 Å². The Balaban J connectivity index is 2.92. The van der Waals surface area contributed by atoms with Gasteiger partial charge in [0.25, 0.3) is 0 Å². The smallest absolute Gasteiger partial charge is 0.142 e. The van der Waals surface area contributed by atoms with Gasteiger partial charge in [-0.25, -0.2) is 4.39 Å². The monoisotopic (exact) mass is 211 g/mol. The molecule has 1 heterocycles. The van der Waals surface area contributed by atoms with Crippen LogP contribution in [-0.2, 0) is 0 Å². The van der Waals surface area contributed by atoms with Crippen LogP contribution in [0.15, 0.2) is 17.5 Å². The lowest BCUT2D eigenvalue weighted by molar-refractivity contribution is 0.642. The molecule has 4 heteroatoms. The first-order valence-corrected chi connectivity index (χ1v) is 4.74. The third kappa shape index (κ3) is 1.28. The summed E-state index contributed by atoms with van der Waals surface area (Å²) in [5.41, 5.74) is 0.474. The van der Waals surface area contributed by atoms with Crippen molar-refractivity contribution in [1.82, 2.24) is 0 Å². The fourth-order valence-electron chi connectivity index (χ4n) is 1.15. The maximum Gasteiger partial charge on any atom is 0.142 e. The van der Waals surface area contributed by atoms with Gasteiger partial charge in [-0.3, -0.25) is 0 Å². The summed E-state index contributed by atoms with van der Waals surface area (Å²) in [6.07, 6.45) is 0. The molecule has 0 saturated heterocycles.